The van der Waals surface area contributed by atoms with Crippen LogP contribution in [0.4, 0.5) is 17.6 Å². The van der Waals surface area contributed by atoms with E-state index in [2.05, 4.69) is 15.0 Å². The van der Waals surface area contributed by atoms with Crippen molar-refractivity contribution in [2.75, 3.05) is 7.11 Å². The highest BCUT2D eigenvalue weighted by molar-refractivity contribution is 5.84. The highest BCUT2D eigenvalue weighted by atomic mass is 19.4. The van der Waals surface area contributed by atoms with Crippen molar-refractivity contribution in [1.29, 1.82) is 0 Å². The molecule has 0 N–H and O–H groups in total. The first-order valence-corrected chi connectivity index (χ1v) is 13.0. The van der Waals surface area contributed by atoms with Crippen LogP contribution >= 0.6 is 0 Å². The molecule has 0 saturated heterocycles. The molecular weight excluding hydrogens is 542 g/mol. The van der Waals surface area contributed by atoms with E-state index in [0.717, 1.165) is 29.3 Å². The van der Waals surface area contributed by atoms with E-state index < -0.39 is 17.7 Å². The quantitative estimate of drug-likeness (QED) is 0.215. The summed E-state index contributed by atoms with van der Waals surface area (Å²) in [7, 11) is 2.91. The van der Waals surface area contributed by atoms with E-state index in [4.69, 9.17) is 19.4 Å². The molecule has 9 nitrogen and oxygen atoms in total. The third kappa shape index (κ3) is 4.96. The molecule has 0 amide bonds. The van der Waals surface area contributed by atoms with E-state index in [9.17, 15) is 13.2 Å². The lowest BCUT2D eigenvalue weighted by molar-refractivity contribution is -0.140. The van der Waals surface area contributed by atoms with Gasteiger partial charge < -0.3 is 18.6 Å². The van der Waals surface area contributed by atoms with Gasteiger partial charge in [-0.3, -0.25) is 0 Å². The van der Waals surface area contributed by atoms with E-state index >= 15 is 4.39 Å². The number of alkyl halides is 3. The van der Waals surface area contributed by atoms with Crippen molar-refractivity contribution in [3.8, 4) is 34.5 Å². The fourth-order valence-corrected chi connectivity index (χ4v) is 4.80. The number of benzene rings is 1. The molecular formula is C28H25F4N7O2. The third-order valence-corrected chi connectivity index (χ3v) is 6.96. The van der Waals surface area contributed by atoms with Crippen LogP contribution in [0, 0.1) is 5.82 Å². The smallest absolute Gasteiger partial charge is 0.434 e. The summed E-state index contributed by atoms with van der Waals surface area (Å²) in [5, 5.41) is 0. The number of rotatable bonds is 8. The van der Waals surface area contributed by atoms with Crippen LogP contribution in [0.5, 0.6) is 11.8 Å². The Kier molecular flexibility index (Phi) is 6.59. The predicted molar refractivity (Wildman–Crippen MR) is 141 cm³/mol. The number of hydrogen-bond donors (Lipinski definition) is 0. The van der Waals surface area contributed by atoms with Crippen LogP contribution in [0.1, 0.15) is 42.6 Å². The number of imidazole rings is 1. The summed E-state index contributed by atoms with van der Waals surface area (Å²) >= 11 is 0. The van der Waals surface area contributed by atoms with Crippen LogP contribution in [0.3, 0.4) is 0 Å². The zero-order chi connectivity index (χ0) is 28.9. The van der Waals surface area contributed by atoms with Gasteiger partial charge in [-0.25, -0.2) is 24.3 Å². The second kappa shape index (κ2) is 10.1. The van der Waals surface area contributed by atoms with Crippen LogP contribution in [0.2, 0.25) is 0 Å². The number of hydrogen-bond acceptors (Lipinski definition) is 7. The summed E-state index contributed by atoms with van der Waals surface area (Å²) in [6.45, 7) is 2.57. The Hall–Kier alpha value is -4.55. The molecule has 1 fully saturated rings. The Balaban J connectivity index is 1.35. The summed E-state index contributed by atoms with van der Waals surface area (Å²) in [6, 6.07) is 6.05. The van der Waals surface area contributed by atoms with Gasteiger partial charge in [0, 0.05) is 31.9 Å². The zero-order valence-electron chi connectivity index (χ0n) is 22.4. The molecule has 212 valence electrons. The monoisotopic (exact) mass is 567 g/mol. The summed E-state index contributed by atoms with van der Waals surface area (Å²) < 4.78 is 69.2. The molecule has 1 aliphatic rings. The first-order chi connectivity index (χ1) is 19.7. The van der Waals surface area contributed by atoms with Crippen LogP contribution < -0.4 is 9.47 Å². The lowest BCUT2D eigenvalue weighted by Gasteiger charge is -2.14. The maximum absolute atomic E-state index is 15.1. The first kappa shape index (κ1) is 26.7. The fourth-order valence-electron chi connectivity index (χ4n) is 4.80. The first-order valence-electron chi connectivity index (χ1n) is 13.0. The molecule has 41 heavy (non-hydrogen) atoms. The van der Waals surface area contributed by atoms with E-state index in [-0.39, 0.29) is 29.8 Å². The normalized spacial score (nSPS) is 13.6. The number of nitrogens with zero attached hydrogens (tertiary/aromatic N) is 7. The van der Waals surface area contributed by atoms with Gasteiger partial charge in [-0.1, -0.05) is 6.07 Å². The maximum Gasteiger partial charge on any atom is 0.434 e. The third-order valence-electron chi connectivity index (χ3n) is 6.96. The topological polar surface area (TPSA) is 92.8 Å². The Morgan fingerprint density at radius 1 is 1.05 bits per heavy atom. The number of fused-ring (bicyclic) bond motifs is 1. The van der Waals surface area contributed by atoms with E-state index in [1.165, 1.54) is 32.6 Å². The maximum atomic E-state index is 15.1. The molecule has 1 aliphatic carbocycles. The Morgan fingerprint density at radius 2 is 1.85 bits per heavy atom. The largest absolute Gasteiger partial charge is 0.480 e. The van der Waals surface area contributed by atoms with Crippen LogP contribution in [-0.4, -0.2) is 41.2 Å². The Bertz CT molecular complexity index is 1760. The molecule has 13 heteroatoms. The van der Waals surface area contributed by atoms with Gasteiger partial charge in [-0.15, -0.1) is 0 Å². The molecule has 4 heterocycles. The van der Waals surface area contributed by atoms with Crippen molar-refractivity contribution in [2.45, 2.75) is 45.0 Å². The van der Waals surface area contributed by atoms with Crippen LogP contribution in [-0.2, 0) is 26.4 Å². The molecule has 0 bridgehead atoms. The van der Waals surface area contributed by atoms with Gasteiger partial charge >= 0.3 is 6.18 Å². The molecule has 0 aliphatic heterocycles. The molecule has 5 aromatic rings. The second-order valence-corrected chi connectivity index (χ2v) is 9.77. The average Bonchev–Trinajstić information content (AvgIpc) is 3.60. The van der Waals surface area contributed by atoms with E-state index in [1.807, 2.05) is 23.8 Å². The summed E-state index contributed by atoms with van der Waals surface area (Å²) in [5.74, 6) is 0.432. The number of halogens is 4. The Morgan fingerprint density at radius 3 is 2.51 bits per heavy atom. The minimum atomic E-state index is -4.63. The second-order valence-electron chi connectivity index (χ2n) is 9.77. The van der Waals surface area contributed by atoms with Crippen molar-refractivity contribution in [3.63, 3.8) is 0 Å². The average molecular weight is 568 g/mol. The molecule has 6 rings (SSSR count). The van der Waals surface area contributed by atoms with Crippen molar-refractivity contribution in [2.24, 2.45) is 7.05 Å². The van der Waals surface area contributed by atoms with E-state index in [1.54, 1.807) is 6.07 Å². The van der Waals surface area contributed by atoms with Crippen molar-refractivity contribution < 1.29 is 27.0 Å². The number of methoxy groups -OCH3 is 1. The molecule has 0 atom stereocenters. The minimum absolute atomic E-state index is 0.0517. The lowest BCUT2D eigenvalue weighted by Crippen LogP contribution is -2.06. The fraction of sp³-hybridized carbons (Fsp3) is 0.321. The van der Waals surface area contributed by atoms with Gasteiger partial charge in [0.05, 0.1) is 23.9 Å². The number of ether oxygens (including phenoxy) is 2. The highest BCUT2D eigenvalue weighted by Gasteiger charge is 2.35. The summed E-state index contributed by atoms with van der Waals surface area (Å²) in [5.41, 5.74) is 2.06. The standard InChI is InChI=1S/C28H25F4N7O2/c1-4-39-10-9-19-23(39)27(37-24(35-19)21-22(16-6-7-16)33-14-34-26(21)40-3)41-13-15-5-8-17(18(29)11-15)25-36-20(12-38(25)2)28(30,31)32/h5,8-12,14,16H,4,6-7,13H2,1-3H3. The van der Waals surface area contributed by atoms with Gasteiger partial charge in [-0.2, -0.15) is 18.2 Å². The van der Waals surface area contributed by atoms with Crippen molar-refractivity contribution in [3.05, 3.63) is 65.8 Å². The molecule has 0 radical (unpaired) electrons. The van der Waals surface area contributed by atoms with Crippen molar-refractivity contribution in [1.82, 2.24) is 34.1 Å². The van der Waals surface area contributed by atoms with Gasteiger partial charge in [0.1, 0.15) is 35.7 Å². The SMILES string of the molecule is CCn1ccc2nc(-c3c(OC)ncnc3C3CC3)nc(OCc3ccc(-c4nc(C(F)(F)F)cn4C)c(F)c3)c21. The summed E-state index contributed by atoms with van der Waals surface area (Å²) in [6.07, 6.45) is 1.55. The molecule has 0 unspecified atom stereocenters. The zero-order valence-corrected chi connectivity index (χ0v) is 22.4. The number of aromatic nitrogens is 7. The summed E-state index contributed by atoms with van der Waals surface area (Å²) in [4.78, 5) is 21.9. The Labute approximate surface area is 231 Å². The van der Waals surface area contributed by atoms with Crippen LogP contribution in [0.25, 0.3) is 33.8 Å². The molecule has 1 saturated carbocycles. The minimum Gasteiger partial charge on any atom is -0.480 e. The molecule has 4 aromatic heterocycles. The van der Waals surface area contributed by atoms with Gasteiger partial charge in [0.2, 0.25) is 11.8 Å². The van der Waals surface area contributed by atoms with E-state index in [0.29, 0.717) is 40.4 Å². The molecule has 1 aromatic carbocycles. The predicted octanol–water partition coefficient (Wildman–Crippen LogP) is 5.93. The number of aryl methyl sites for hydroxylation is 2. The highest BCUT2D eigenvalue weighted by Crippen LogP contribution is 2.45. The van der Waals surface area contributed by atoms with Gasteiger partial charge in [0.15, 0.2) is 11.5 Å². The van der Waals surface area contributed by atoms with Gasteiger partial charge in [-0.05, 0) is 43.5 Å². The van der Waals surface area contributed by atoms with Crippen molar-refractivity contribution >= 4 is 11.0 Å². The van der Waals surface area contributed by atoms with Crippen LogP contribution in [0.15, 0.2) is 43.0 Å². The molecule has 0 spiro atoms. The lowest BCUT2D eigenvalue weighted by atomic mass is 10.1. The van der Waals surface area contributed by atoms with Gasteiger partial charge in [0.25, 0.3) is 0 Å².